The summed E-state index contributed by atoms with van der Waals surface area (Å²) in [5.41, 5.74) is 11.3. The molecule has 0 saturated carbocycles. The van der Waals surface area contributed by atoms with Gasteiger partial charge in [-0.3, -0.25) is 10.1 Å². The SMILES string of the molecule is NCCCC[C@@H](N)c1ccc(F)cc1[N+](=O)[O-]. The summed E-state index contributed by atoms with van der Waals surface area (Å²) in [6.45, 7) is 0.568. The number of hydrogen-bond donors (Lipinski definition) is 2. The van der Waals surface area contributed by atoms with Crippen LogP contribution in [0.3, 0.4) is 0 Å². The van der Waals surface area contributed by atoms with Gasteiger partial charge in [0.15, 0.2) is 0 Å². The maximum Gasteiger partial charge on any atom is 0.277 e. The fourth-order valence-electron chi connectivity index (χ4n) is 1.65. The highest BCUT2D eigenvalue weighted by atomic mass is 19.1. The monoisotopic (exact) mass is 241 g/mol. The van der Waals surface area contributed by atoms with Crippen LogP contribution in [0.15, 0.2) is 18.2 Å². The molecule has 0 radical (unpaired) electrons. The van der Waals surface area contributed by atoms with Crippen molar-refractivity contribution in [2.45, 2.75) is 25.3 Å². The molecule has 0 saturated heterocycles. The molecular formula is C11H16FN3O2. The largest absolute Gasteiger partial charge is 0.330 e. The highest BCUT2D eigenvalue weighted by molar-refractivity contribution is 5.42. The molecule has 1 aromatic carbocycles. The average Bonchev–Trinajstić information content (AvgIpc) is 2.29. The van der Waals surface area contributed by atoms with Crippen molar-refractivity contribution in [3.8, 4) is 0 Å². The van der Waals surface area contributed by atoms with Gasteiger partial charge < -0.3 is 11.5 Å². The van der Waals surface area contributed by atoms with Crippen LogP contribution in [-0.4, -0.2) is 11.5 Å². The van der Waals surface area contributed by atoms with E-state index in [0.29, 0.717) is 18.5 Å². The maximum absolute atomic E-state index is 12.9. The lowest BCUT2D eigenvalue weighted by Gasteiger charge is -2.11. The van der Waals surface area contributed by atoms with Crippen LogP contribution in [0.5, 0.6) is 0 Å². The summed E-state index contributed by atoms with van der Waals surface area (Å²) in [5, 5.41) is 10.8. The van der Waals surface area contributed by atoms with E-state index >= 15 is 0 Å². The van der Waals surface area contributed by atoms with Crippen molar-refractivity contribution in [2.24, 2.45) is 11.5 Å². The van der Waals surface area contributed by atoms with Crippen molar-refractivity contribution in [2.75, 3.05) is 6.54 Å². The summed E-state index contributed by atoms with van der Waals surface area (Å²) in [6.07, 6.45) is 2.22. The van der Waals surface area contributed by atoms with E-state index in [1.165, 1.54) is 12.1 Å². The predicted molar refractivity (Wildman–Crippen MR) is 62.9 cm³/mol. The molecule has 0 aliphatic rings. The minimum Gasteiger partial charge on any atom is -0.330 e. The van der Waals surface area contributed by atoms with Gasteiger partial charge in [-0.2, -0.15) is 0 Å². The van der Waals surface area contributed by atoms with Gasteiger partial charge >= 0.3 is 0 Å². The Morgan fingerprint density at radius 2 is 2.12 bits per heavy atom. The first kappa shape index (κ1) is 13.5. The standard InChI is InChI=1S/C11H16FN3O2/c12-8-4-5-9(11(7-8)15(16)17)10(14)3-1-2-6-13/h4-5,7,10H,1-3,6,13-14H2/t10-/m1/s1. The van der Waals surface area contributed by atoms with E-state index in [-0.39, 0.29) is 5.69 Å². The number of nitrogens with zero attached hydrogens (tertiary/aromatic N) is 1. The normalized spacial score (nSPS) is 12.4. The number of halogens is 1. The predicted octanol–water partition coefficient (Wildman–Crippen LogP) is 1.86. The summed E-state index contributed by atoms with van der Waals surface area (Å²) < 4.78 is 12.9. The number of nitrogens with two attached hydrogens (primary N) is 2. The van der Waals surface area contributed by atoms with E-state index in [1.807, 2.05) is 0 Å². The molecule has 0 amide bonds. The van der Waals surface area contributed by atoms with Gasteiger partial charge in [0.25, 0.3) is 5.69 Å². The first-order chi connectivity index (χ1) is 8.06. The van der Waals surface area contributed by atoms with Gasteiger partial charge in [-0.15, -0.1) is 0 Å². The third-order valence-electron chi connectivity index (χ3n) is 2.56. The molecule has 0 unspecified atom stereocenters. The number of benzene rings is 1. The van der Waals surface area contributed by atoms with Crippen LogP contribution >= 0.6 is 0 Å². The van der Waals surface area contributed by atoms with Crippen LogP contribution in [0.4, 0.5) is 10.1 Å². The first-order valence-electron chi connectivity index (χ1n) is 5.45. The van der Waals surface area contributed by atoms with Crippen LogP contribution in [0.1, 0.15) is 30.9 Å². The Kier molecular flexibility index (Phi) is 4.99. The lowest BCUT2D eigenvalue weighted by atomic mass is 10.00. The van der Waals surface area contributed by atoms with Gasteiger partial charge in [-0.1, -0.05) is 6.42 Å². The topological polar surface area (TPSA) is 95.2 Å². The number of hydrogen-bond acceptors (Lipinski definition) is 4. The third kappa shape index (κ3) is 3.76. The van der Waals surface area contributed by atoms with E-state index in [2.05, 4.69) is 0 Å². The molecule has 0 fully saturated rings. The Balaban J connectivity index is 2.84. The van der Waals surface area contributed by atoms with Crippen molar-refractivity contribution in [1.29, 1.82) is 0 Å². The summed E-state index contributed by atoms with van der Waals surface area (Å²) >= 11 is 0. The molecule has 0 heterocycles. The summed E-state index contributed by atoms with van der Waals surface area (Å²) in [7, 11) is 0. The second-order valence-electron chi connectivity index (χ2n) is 3.85. The summed E-state index contributed by atoms with van der Waals surface area (Å²) in [6, 6.07) is 3.01. The zero-order valence-electron chi connectivity index (χ0n) is 9.43. The molecule has 4 N–H and O–H groups in total. The lowest BCUT2D eigenvalue weighted by Crippen LogP contribution is -2.13. The van der Waals surface area contributed by atoms with Crippen molar-refractivity contribution < 1.29 is 9.31 Å². The molecule has 1 rings (SSSR count). The molecule has 0 aromatic heterocycles. The fourth-order valence-corrected chi connectivity index (χ4v) is 1.65. The van der Waals surface area contributed by atoms with Gasteiger partial charge in [-0.05, 0) is 31.5 Å². The van der Waals surface area contributed by atoms with E-state index < -0.39 is 16.8 Å². The van der Waals surface area contributed by atoms with Gasteiger partial charge in [0.05, 0.1) is 11.0 Å². The molecule has 94 valence electrons. The quantitative estimate of drug-likeness (QED) is 0.451. The van der Waals surface area contributed by atoms with Crippen molar-refractivity contribution in [3.63, 3.8) is 0 Å². The molecule has 1 atom stereocenters. The number of rotatable bonds is 6. The zero-order valence-corrected chi connectivity index (χ0v) is 9.43. The summed E-state index contributed by atoms with van der Waals surface area (Å²) in [4.78, 5) is 10.2. The van der Waals surface area contributed by atoms with Gasteiger partial charge in [0, 0.05) is 11.6 Å². The minimum atomic E-state index is -0.630. The highest BCUT2D eigenvalue weighted by Crippen LogP contribution is 2.27. The van der Waals surface area contributed by atoms with Gasteiger partial charge in [-0.25, -0.2) is 4.39 Å². The molecule has 5 nitrogen and oxygen atoms in total. The molecule has 6 heteroatoms. The van der Waals surface area contributed by atoms with E-state index in [1.54, 1.807) is 0 Å². The Labute approximate surface area is 98.8 Å². The molecule has 17 heavy (non-hydrogen) atoms. The van der Waals surface area contributed by atoms with Crippen LogP contribution in [0.2, 0.25) is 0 Å². The Morgan fingerprint density at radius 1 is 1.41 bits per heavy atom. The van der Waals surface area contributed by atoms with Gasteiger partial charge in [0.2, 0.25) is 0 Å². The Hall–Kier alpha value is -1.53. The molecule has 0 aliphatic heterocycles. The summed E-state index contributed by atoms with van der Waals surface area (Å²) in [5.74, 6) is -0.630. The second kappa shape index (κ2) is 6.27. The number of nitro benzene ring substituents is 1. The smallest absolute Gasteiger partial charge is 0.277 e. The van der Waals surface area contributed by atoms with Crippen LogP contribution in [0.25, 0.3) is 0 Å². The van der Waals surface area contributed by atoms with E-state index in [0.717, 1.165) is 18.9 Å². The van der Waals surface area contributed by atoms with Crippen molar-refractivity contribution in [3.05, 3.63) is 39.7 Å². The van der Waals surface area contributed by atoms with Crippen molar-refractivity contribution in [1.82, 2.24) is 0 Å². The molecular weight excluding hydrogens is 225 g/mol. The van der Waals surface area contributed by atoms with Crippen LogP contribution in [0, 0.1) is 15.9 Å². The average molecular weight is 241 g/mol. The number of unbranched alkanes of at least 4 members (excludes halogenated alkanes) is 1. The van der Waals surface area contributed by atoms with E-state index in [4.69, 9.17) is 11.5 Å². The molecule has 0 bridgehead atoms. The number of nitro groups is 1. The highest BCUT2D eigenvalue weighted by Gasteiger charge is 2.19. The second-order valence-corrected chi connectivity index (χ2v) is 3.85. The zero-order chi connectivity index (χ0) is 12.8. The molecule has 0 spiro atoms. The Bertz CT molecular complexity index is 398. The van der Waals surface area contributed by atoms with E-state index in [9.17, 15) is 14.5 Å². The minimum absolute atomic E-state index is 0.259. The third-order valence-corrected chi connectivity index (χ3v) is 2.56. The lowest BCUT2D eigenvalue weighted by molar-refractivity contribution is -0.385. The first-order valence-corrected chi connectivity index (χ1v) is 5.45. The van der Waals surface area contributed by atoms with Gasteiger partial charge in [0.1, 0.15) is 5.82 Å². The molecule has 0 aliphatic carbocycles. The van der Waals surface area contributed by atoms with Crippen LogP contribution < -0.4 is 11.5 Å². The van der Waals surface area contributed by atoms with Crippen LogP contribution in [-0.2, 0) is 0 Å². The van der Waals surface area contributed by atoms with Crippen molar-refractivity contribution >= 4 is 5.69 Å². The molecule has 1 aromatic rings. The fraction of sp³-hybridized carbons (Fsp3) is 0.455. The Morgan fingerprint density at radius 3 is 2.71 bits per heavy atom. The maximum atomic E-state index is 12.9.